The predicted octanol–water partition coefficient (Wildman–Crippen LogP) is 1.58. The summed E-state index contributed by atoms with van der Waals surface area (Å²) < 4.78 is 0. The van der Waals surface area contributed by atoms with Crippen LogP contribution in [0.3, 0.4) is 0 Å². The Kier molecular flexibility index (Phi) is 5.69. The van der Waals surface area contributed by atoms with Crippen molar-refractivity contribution in [1.82, 2.24) is 14.9 Å². The quantitative estimate of drug-likeness (QED) is 0.754. The van der Waals surface area contributed by atoms with E-state index in [4.69, 9.17) is 0 Å². The van der Waals surface area contributed by atoms with Crippen LogP contribution in [0.1, 0.15) is 19.0 Å². The van der Waals surface area contributed by atoms with Crippen molar-refractivity contribution in [3.63, 3.8) is 0 Å². The van der Waals surface area contributed by atoms with Crippen LogP contribution in [0.4, 0.5) is 11.8 Å². The number of hydrogen-bond donors (Lipinski definition) is 2. The molecule has 5 nitrogen and oxygen atoms in total. The average molecular weight is 237 g/mol. The van der Waals surface area contributed by atoms with Crippen LogP contribution in [0.25, 0.3) is 0 Å². The minimum atomic E-state index is 0.699. The first kappa shape index (κ1) is 13.7. The van der Waals surface area contributed by atoms with E-state index < -0.39 is 0 Å². The summed E-state index contributed by atoms with van der Waals surface area (Å²) in [4.78, 5) is 10.9. The zero-order valence-electron chi connectivity index (χ0n) is 11.2. The summed E-state index contributed by atoms with van der Waals surface area (Å²) >= 11 is 0. The number of anilines is 2. The van der Waals surface area contributed by atoms with E-state index in [0.717, 1.165) is 37.6 Å². The van der Waals surface area contributed by atoms with E-state index in [9.17, 15) is 0 Å². The molecule has 17 heavy (non-hydrogen) atoms. The van der Waals surface area contributed by atoms with E-state index in [1.165, 1.54) is 0 Å². The maximum Gasteiger partial charge on any atom is 0.224 e. The number of aryl methyl sites for hydroxylation is 1. The Labute approximate surface area is 104 Å². The average Bonchev–Trinajstić information content (AvgIpc) is 2.25. The van der Waals surface area contributed by atoms with Gasteiger partial charge in [-0.1, -0.05) is 6.92 Å². The van der Waals surface area contributed by atoms with Crippen molar-refractivity contribution in [2.75, 3.05) is 44.4 Å². The van der Waals surface area contributed by atoms with Crippen molar-refractivity contribution in [2.45, 2.75) is 20.3 Å². The van der Waals surface area contributed by atoms with Gasteiger partial charge in [0.25, 0.3) is 0 Å². The van der Waals surface area contributed by atoms with E-state index in [-0.39, 0.29) is 0 Å². The minimum Gasteiger partial charge on any atom is -0.370 e. The second kappa shape index (κ2) is 7.06. The third-order valence-corrected chi connectivity index (χ3v) is 2.25. The van der Waals surface area contributed by atoms with Crippen molar-refractivity contribution >= 4 is 11.8 Å². The first-order valence-corrected chi connectivity index (χ1v) is 6.10. The van der Waals surface area contributed by atoms with Gasteiger partial charge in [-0.25, -0.2) is 4.98 Å². The van der Waals surface area contributed by atoms with Gasteiger partial charge in [-0.05, 0) is 27.4 Å². The van der Waals surface area contributed by atoms with Crippen LogP contribution in [0, 0.1) is 6.92 Å². The molecule has 0 bridgehead atoms. The normalized spacial score (nSPS) is 10.6. The fourth-order valence-corrected chi connectivity index (χ4v) is 1.38. The van der Waals surface area contributed by atoms with Gasteiger partial charge in [-0.2, -0.15) is 4.98 Å². The van der Waals surface area contributed by atoms with Crippen molar-refractivity contribution < 1.29 is 0 Å². The highest BCUT2D eigenvalue weighted by Gasteiger charge is 2.01. The monoisotopic (exact) mass is 237 g/mol. The maximum atomic E-state index is 4.42. The second-order valence-corrected chi connectivity index (χ2v) is 4.38. The molecular formula is C12H23N5. The van der Waals surface area contributed by atoms with Gasteiger partial charge >= 0.3 is 0 Å². The minimum absolute atomic E-state index is 0.699. The Morgan fingerprint density at radius 3 is 2.59 bits per heavy atom. The Morgan fingerprint density at radius 2 is 1.94 bits per heavy atom. The zero-order valence-corrected chi connectivity index (χ0v) is 11.2. The summed E-state index contributed by atoms with van der Waals surface area (Å²) in [6, 6.07) is 1.97. The van der Waals surface area contributed by atoms with Crippen LogP contribution in [-0.2, 0) is 0 Å². The van der Waals surface area contributed by atoms with Gasteiger partial charge in [0, 0.05) is 31.4 Å². The Morgan fingerprint density at radius 1 is 1.18 bits per heavy atom. The Bertz CT molecular complexity index is 338. The topological polar surface area (TPSA) is 53.1 Å². The van der Waals surface area contributed by atoms with Gasteiger partial charge in [0.05, 0.1) is 0 Å². The number of nitrogens with one attached hydrogen (secondary N) is 2. The van der Waals surface area contributed by atoms with Crippen LogP contribution < -0.4 is 10.6 Å². The SMILES string of the molecule is CCCNc1cc(C)nc(NCCN(C)C)n1. The molecule has 0 amide bonds. The third-order valence-electron chi connectivity index (χ3n) is 2.25. The summed E-state index contributed by atoms with van der Waals surface area (Å²) in [7, 11) is 4.10. The lowest BCUT2D eigenvalue weighted by atomic mass is 10.4. The molecule has 2 N–H and O–H groups in total. The fraction of sp³-hybridized carbons (Fsp3) is 0.667. The molecule has 0 fully saturated rings. The molecule has 1 rings (SSSR count). The van der Waals surface area contributed by atoms with Gasteiger partial charge in [0.1, 0.15) is 5.82 Å². The molecule has 0 radical (unpaired) electrons. The maximum absolute atomic E-state index is 4.42. The summed E-state index contributed by atoms with van der Waals surface area (Å²) in [6.45, 7) is 6.87. The predicted molar refractivity (Wildman–Crippen MR) is 72.6 cm³/mol. The first-order valence-electron chi connectivity index (χ1n) is 6.10. The lowest BCUT2D eigenvalue weighted by Gasteiger charge is -2.12. The molecule has 1 heterocycles. The molecule has 0 aliphatic rings. The molecule has 0 saturated carbocycles. The largest absolute Gasteiger partial charge is 0.370 e. The fourth-order valence-electron chi connectivity index (χ4n) is 1.38. The molecule has 0 aliphatic heterocycles. The lowest BCUT2D eigenvalue weighted by molar-refractivity contribution is 0.425. The highest BCUT2D eigenvalue weighted by atomic mass is 15.2. The molecule has 5 heteroatoms. The molecule has 0 aromatic carbocycles. The highest BCUT2D eigenvalue weighted by Crippen LogP contribution is 2.09. The molecule has 0 saturated heterocycles. The van der Waals surface area contributed by atoms with E-state index in [1.807, 2.05) is 27.1 Å². The molecular weight excluding hydrogens is 214 g/mol. The van der Waals surface area contributed by atoms with E-state index in [2.05, 4.69) is 32.4 Å². The van der Waals surface area contributed by atoms with Crippen molar-refractivity contribution in [2.24, 2.45) is 0 Å². The van der Waals surface area contributed by atoms with E-state index in [0.29, 0.717) is 5.95 Å². The van der Waals surface area contributed by atoms with Crippen molar-refractivity contribution in [3.8, 4) is 0 Å². The molecule has 1 aromatic rings. The van der Waals surface area contributed by atoms with Gasteiger partial charge in [-0.3, -0.25) is 0 Å². The van der Waals surface area contributed by atoms with Crippen LogP contribution in [-0.4, -0.2) is 48.6 Å². The second-order valence-electron chi connectivity index (χ2n) is 4.38. The van der Waals surface area contributed by atoms with Crippen LogP contribution in [0.15, 0.2) is 6.07 Å². The summed E-state index contributed by atoms with van der Waals surface area (Å²) in [5, 5.41) is 6.50. The van der Waals surface area contributed by atoms with Gasteiger partial charge < -0.3 is 15.5 Å². The van der Waals surface area contributed by atoms with Gasteiger partial charge in [0.2, 0.25) is 5.95 Å². The van der Waals surface area contributed by atoms with Gasteiger partial charge in [0.15, 0.2) is 0 Å². The van der Waals surface area contributed by atoms with Crippen LogP contribution in [0.5, 0.6) is 0 Å². The zero-order chi connectivity index (χ0) is 12.7. The number of likely N-dealkylation sites (N-methyl/N-ethyl adjacent to an activating group) is 1. The third kappa shape index (κ3) is 5.49. The van der Waals surface area contributed by atoms with Gasteiger partial charge in [-0.15, -0.1) is 0 Å². The van der Waals surface area contributed by atoms with E-state index >= 15 is 0 Å². The van der Waals surface area contributed by atoms with Crippen LogP contribution >= 0.6 is 0 Å². The standard InChI is InChI=1S/C12H23N5/c1-5-6-13-11-9-10(2)15-12(16-11)14-7-8-17(3)4/h9H,5-8H2,1-4H3,(H2,13,14,15,16). The highest BCUT2D eigenvalue weighted by molar-refractivity contribution is 5.42. The summed E-state index contributed by atoms with van der Waals surface area (Å²) in [6.07, 6.45) is 1.09. The molecule has 96 valence electrons. The Hall–Kier alpha value is -1.36. The molecule has 1 aromatic heterocycles. The molecule has 0 unspecified atom stereocenters. The molecule has 0 spiro atoms. The first-order chi connectivity index (χ1) is 8.11. The lowest BCUT2D eigenvalue weighted by Crippen LogP contribution is -2.21. The summed E-state index contributed by atoms with van der Waals surface area (Å²) in [5.41, 5.74) is 0.978. The molecule has 0 aliphatic carbocycles. The number of rotatable bonds is 7. The number of aromatic nitrogens is 2. The smallest absolute Gasteiger partial charge is 0.224 e. The number of nitrogens with zero attached hydrogens (tertiary/aromatic N) is 3. The molecule has 0 atom stereocenters. The van der Waals surface area contributed by atoms with Crippen LogP contribution in [0.2, 0.25) is 0 Å². The number of hydrogen-bond acceptors (Lipinski definition) is 5. The van der Waals surface area contributed by atoms with Crippen molar-refractivity contribution in [3.05, 3.63) is 11.8 Å². The van der Waals surface area contributed by atoms with Crippen molar-refractivity contribution in [1.29, 1.82) is 0 Å². The van der Waals surface area contributed by atoms with E-state index in [1.54, 1.807) is 0 Å². The Balaban J connectivity index is 2.55. The summed E-state index contributed by atoms with van der Waals surface area (Å²) in [5.74, 6) is 1.59.